The van der Waals surface area contributed by atoms with Crippen molar-refractivity contribution in [2.45, 2.75) is 64.9 Å². The zero-order chi connectivity index (χ0) is 19.2. The Morgan fingerprint density at radius 3 is 2.15 bits per heavy atom. The smallest absolute Gasteiger partial charge is 0.305 e. The molecule has 2 aromatic carbocycles. The van der Waals surface area contributed by atoms with Gasteiger partial charge in [-0.1, -0.05) is 68.1 Å². The van der Waals surface area contributed by atoms with E-state index in [2.05, 4.69) is 36.4 Å². The first-order chi connectivity index (χ1) is 13.3. The van der Waals surface area contributed by atoms with Gasteiger partial charge >= 0.3 is 5.97 Å². The van der Waals surface area contributed by atoms with Gasteiger partial charge in [-0.15, -0.1) is 0 Å². The Balaban J connectivity index is 1.52. The number of rotatable bonds is 13. The van der Waals surface area contributed by atoms with Gasteiger partial charge < -0.3 is 9.47 Å². The first-order valence-corrected chi connectivity index (χ1v) is 10.2. The van der Waals surface area contributed by atoms with Crippen molar-refractivity contribution in [2.75, 3.05) is 6.61 Å². The van der Waals surface area contributed by atoms with Crippen LogP contribution in [0.25, 0.3) is 0 Å². The maximum absolute atomic E-state index is 11.2. The molecule has 3 heteroatoms. The molecule has 2 aromatic rings. The summed E-state index contributed by atoms with van der Waals surface area (Å²) in [5.41, 5.74) is 2.55. The molecular weight excluding hydrogens is 336 g/mol. The molecule has 3 nitrogen and oxygen atoms in total. The molecule has 0 aliphatic heterocycles. The summed E-state index contributed by atoms with van der Waals surface area (Å²) in [4.78, 5) is 11.2. The Kier molecular flexibility index (Phi) is 10.1. The molecule has 0 atom stereocenters. The summed E-state index contributed by atoms with van der Waals surface area (Å²) in [6.07, 6.45) is 8.63. The average Bonchev–Trinajstić information content (AvgIpc) is 2.70. The van der Waals surface area contributed by atoms with Crippen molar-refractivity contribution in [1.82, 2.24) is 0 Å². The van der Waals surface area contributed by atoms with Crippen molar-refractivity contribution >= 4 is 5.97 Å². The molecule has 0 bridgehead atoms. The number of hydrogen-bond donors (Lipinski definition) is 0. The van der Waals surface area contributed by atoms with Gasteiger partial charge in [0.15, 0.2) is 0 Å². The van der Waals surface area contributed by atoms with E-state index in [9.17, 15) is 4.79 Å². The van der Waals surface area contributed by atoms with E-state index in [0.717, 1.165) is 25.0 Å². The second-order valence-corrected chi connectivity index (χ2v) is 6.84. The SMILES string of the molecule is CCOC(=O)CCCCCCCCc1ccc(OCc2ccccc2)cc1. The topological polar surface area (TPSA) is 35.5 Å². The van der Waals surface area contributed by atoms with Crippen LogP contribution in [0.4, 0.5) is 0 Å². The number of ether oxygens (including phenoxy) is 2. The van der Waals surface area contributed by atoms with E-state index in [1.807, 2.05) is 25.1 Å². The van der Waals surface area contributed by atoms with Gasteiger partial charge in [0.05, 0.1) is 6.61 Å². The van der Waals surface area contributed by atoms with Crippen molar-refractivity contribution in [3.05, 3.63) is 65.7 Å². The normalized spacial score (nSPS) is 10.6. The third-order valence-corrected chi connectivity index (χ3v) is 4.57. The molecule has 0 amide bonds. The molecular formula is C24H32O3. The molecule has 0 fully saturated rings. The van der Waals surface area contributed by atoms with E-state index < -0.39 is 0 Å². The summed E-state index contributed by atoms with van der Waals surface area (Å²) >= 11 is 0. The second kappa shape index (κ2) is 13.0. The van der Waals surface area contributed by atoms with E-state index in [4.69, 9.17) is 9.47 Å². The first kappa shape index (κ1) is 21.0. The van der Waals surface area contributed by atoms with Crippen molar-refractivity contribution < 1.29 is 14.3 Å². The summed E-state index contributed by atoms with van der Waals surface area (Å²) in [5, 5.41) is 0. The van der Waals surface area contributed by atoms with E-state index in [1.165, 1.54) is 36.8 Å². The van der Waals surface area contributed by atoms with Gasteiger partial charge in [-0.25, -0.2) is 0 Å². The van der Waals surface area contributed by atoms with Crippen LogP contribution in [0.2, 0.25) is 0 Å². The predicted molar refractivity (Wildman–Crippen MR) is 110 cm³/mol. The minimum Gasteiger partial charge on any atom is -0.489 e. The van der Waals surface area contributed by atoms with Gasteiger partial charge in [-0.3, -0.25) is 4.79 Å². The summed E-state index contributed by atoms with van der Waals surface area (Å²) in [6.45, 7) is 2.94. The van der Waals surface area contributed by atoms with Crippen LogP contribution in [-0.4, -0.2) is 12.6 Å². The van der Waals surface area contributed by atoms with Crippen molar-refractivity contribution in [1.29, 1.82) is 0 Å². The lowest BCUT2D eigenvalue weighted by atomic mass is 10.0. The summed E-state index contributed by atoms with van der Waals surface area (Å²) < 4.78 is 10.8. The third-order valence-electron chi connectivity index (χ3n) is 4.57. The van der Waals surface area contributed by atoms with E-state index >= 15 is 0 Å². The van der Waals surface area contributed by atoms with Gasteiger partial charge in [0.2, 0.25) is 0 Å². The monoisotopic (exact) mass is 368 g/mol. The van der Waals surface area contributed by atoms with Gasteiger partial charge in [0, 0.05) is 6.42 Å². The maximum Gasteiger partial charge on any atom is 0.305 e. The zero-order valence-electron chi connectivity index (χ0n) is 16.5. The lowest BCUT2D eigenvalue weighted by Gasteiger charge is -2.07. The highest BCUT2D eigenvalue weighted by Gasteiger charge is 2.01. The predicted octanol–water partition coefficient (Wildman–Crippen LogP) is 6.10. The third kappa shape index (κ3) is 9.28. The molecule has 0 heterocycles. The number of unbranched alkanes of at least 4 members (excludes halogenated alkanes) is 5. The Morgan fingerprint density at radius 1 is 0.778 bits per heavy atom. The highest BCUT2D eigenvalue weighted by Crippen LogP contribution is 2.16. The fourth-order valence-corrected chi connectivity index (χ4v) is 3.03. The standard InChI is InChI=1S/C24H32O3/c1-2-26-24(25)15-11-6-4-3-5-8-12-21-16-18-23(19-17-21)27-20-22-13-9-7-10-14-22/h7,9-10,13-14,16-19H,2-6,8,11-12,15,20H2,1H3. The van der Waals surface area contributed by atoms with Crippen LogP contribution >= 0.6 is 0 Å². The van der Waals surface area contributed by atoms with Crippen molar-refractivity contribution in [2.24, 2.45) is 0 Å². The van der Waals surface area contributed by atoms with Crippen LogP contribution in [0.3, 0.4) is 0 Å². The van der Waals surface area contributed by atoms with Gasteiger partial charge in [0.1, 0.15) is 12.4 Å². The summed E-state index contributed by atoms with van der Waals surface area (Å²) in [6, 6.07) is 18.7. The Hall–Kier alpha value is -2.29. The first-order valence-electron chi connectivity index (χ1n) is 10.2. The number of benzene rings is 2. The van der Waals surface area contributed by atoms with Crippen LogP contribution in [-0.2, 0) is 22.6 Å². The fraction of sp³-hybridized carbons (Fsp3) is 0.458. The molecule has 0 aromatic heterocycles. The molecule has 0 spiro atoms. The van der Waals surface area contributed by atoms with Crippen LogP contribution in [0.5, 0.6) is 5.75 Å². The van der Waals surface area contributed by atoms with Crippen molar-refractivity contribution in [3.8, 4) is 5.75 Å². The molecule has 0 aliphatic rings. The van der Waals surface area contributed by atoms with E-state index in [-0.39, 0.29) is 5.97 Å². The van der Waals surface area contributed by atoms with Gasteiger partial charge in [-0.05, 0) is 49.4 Å². The summed E-state index contributed by atoms with van der Waals surface area (Å²) in [7, 11) is 0. The van der Waals surface area contributed by atoms with Crippen molar-refractivity contribution in [3.63, 3.8) is 0 Å². The molecule has 27 heavy (non-hydrogen) atoms. The number of esters is 1. The van der Waals surface area contributed by atoms with Crippen LogP contribution in [0.1, 0.15) is 63.0 Å². The van der Waals surface area contributed by atoms with Crippen LogP contribution in [0.15, 0.2) is 54.6 Å². The molecule has 0 N–H and O–H groups in total. The number of carbonyl (C=O) groups is 1. The lowest BCUT2D eigenvalue weighted by Crippen LogP contribution is -2.03. The minimum atomic E-state index is -0.0614. The molecule has 0 radical (unpaired) electrons. The Morgan fingerprint density at radius 2 is 1.44 bits per heavy atom. The highest BCUT2D eigenvalue weighted by molar-refractivity contribution is 5.69. The van der Waals surface area contributed by atoms with E-state index in [0.29, 0.717) is 19.6 Å². The largest absolute Gasteiger partial charge is 0.489 e. The number of hydrogen-bond acceptors (Lipinski definition) is 3. The number of carbonyl (C=O) groups excluding carboxylic acids is 1. The van der Waals surface area contributed by atoms with Gasteiger partial charge in [-0.2, -0.15) is 0 Å². The highest BCUT2D eigenvalue weighted by atomic mass is 16.5. The van der Waals surface area contributed by atoms with Gasteiger partial charge in [0.25, 0.3) is 0 Å². The van der Waals surface area contributed by atoms with E-state index in [1.54, 1.807) is 0 Å². The summed E-state index contributed by atoms with van der Waals surface area (Å²) in [5.74, 6) is 0.859. The average molecular weight is 369 g/mol. The van der Waals surface area contributed by atoms with Crippen LogP contribution in [0, 0.1) is 0 Å². The quantitative estimate of drug-likeness (QED) is 0.316. The maximum atomic E-state index is 11.2. The molecule has 2 rings (SSSR count). The molecule has 146 valence electrons. The lowest BCUT2D eigenvalue weighted by molar-refractivity contribution is -0.143. The van der Waals surface area contributed by atoms with Crippen LogP contribution < -0.4 is 4.74 Å². The second-order valence-electron chi connectivity index (χ2n) is 6.84. The Labute approximate surface area is 163 Å². The molecule has 0 saturated carbocycles. The molecule has 0 unspecified atom stereocenters. The number of aryl methyl sites for hydroxylation is 1. The molecule has 0 saturated heterocycles. The minimum absolute atomic E-state index is 0.0614. The Bertz CT molecular complexity index is 634. The fourth-order valence-electron chi connectivity index (χ4n) is 3.03. The zero-order valence-corrected chi connectivity index (χ0v) is 16.5. The molecule has 0 aliphatic carbocycles.